The van der Waals surface area contributed by atoms with Crippen molar-refractivity contribution < 1.29 is 14.3 Å². The molecule has 4 nitrogen and oxygen atoms in total. The van der Waals surface area contributed by atoms with Crippen LogP contribution in [0.15, 0.2) is 66.7 Å². The lowest BCUT2D eigenvalue weighted by Gasteiger charge is -2.18. The fraction of sp³-hybridized carbons (Fsp3) is 0.167. The second-order valence-corrected chi connectivity index (χ2v) is 7.34. The van der Waals surface area contributed by atoms with Crippen LogP contribution in [0.1, 0.15) is 34.0 Å². The van der Waals surface area contributed by atoms with Gasteiger partial charge in [-0.25, -0.2) is 0 Å². The highest BCUT2D eigenvalue weighted by molar-refractivity contribution is 6.31. The molecule has 1 amide bonds. The number of amides is 1. The molecule has 1 atom stereocenters. The van der Waals surface area contributed by atoms with E-state index < -0.39 is 6.10 Å². The van der Waals surface area contributed by atoms with Gasteiger partial charge in [0.15, 0.2) is 11.9 Å². The van der Waals surface area contributed by atoms with E-state index in [2.05, 4.69) is 5.32 Å². The SMILES string of the molecule is Cc1ccc(OC(C)C(=O)Nc2ccc(Cl)cc2C(=O)c2ccccc2)c(C)c1. The molecule has 0 saturated heterocycles. The van der Waals surface area contributed by atoms with Crippen LogP contribution in [0.2, 0.25) is 5.02 Å². The number of aryl methyl sites for hydroxylation is 2. The van der Waals surface area contributed by atoms with Crippen LogP contribution >= 0.6 is 11.6 Å². The average Bonchev–Trinajstić information content (AvgIpc) is 2.71. The minimum absolute atomic E-state index is 0.216. The number of anilines is 1. The molecule has 3 aromatic carbocycles. The monoisotopic (exact) mass is 407 g/mol. The zero-order chi connectivity index (χ0) is 21.0. The number of hydrogen-bond donors (Lipinski definition) is 1. The van der Waals surface area contributed by atoms with E-state index in [1.807, 2.05) is 38.1 Å². The number of rotatable bonds is 6. The van der Waals surface area contributed by atoms with Crippen molar-refractivity contribution in [3.63, 3.8) is 0 Å². The van der Waals surface area contributed by atoms with Crippen molar-refractivity contribution in [1.82, 2.24) is 0 Å². The van der Waals surface area contributed by atoms with E-state index in [4.69, 9.17) is 16.3 Å². The molecule has 0 aromatic heterocycles. The molecule has 1 unspecified atom stereocenters. The predicted octanol–water partition coefficient (Wildman–Crippen LogP) is 5.59. The normalized spacial score (nSPS) is 11.6. The van der Waals surface area contributed by atoms with Crippen LogP contribution in [0.5, 0.6) is 5.75 Å². The van der Waals surface area contributed by atoms with E-state index in [1.165, 1.54) is 0 Å². The standard InChI is InChI=1S/C24H22ClNO3/c1-15-9-12-22(16(2)13-15)29-17(3)24(28)26-21-11-10-19(25)14-20(21)23(27)18-7-5-4-6-8-18/h4-14,17H,1-3H3,(H,26,28). The molecule has 0 heterocycles. The molecule has 0 radical (unpaired) electrons. The van der Waals surface area contributed by atoms with Crippen LogP contribution < -0.4 is 10.1 Å². The summed E-state index contributed by atoms with van der Waals surface area (Å²) in [5.74, 6) is 0.0794. The molecule has 0 aliphatic rings. The van der Waals surface area contributed by atoms with Crippen molar-refractivity contribution in [3.8, 4) is 5.75 Å². The first kappa shape index (κ1) is 20.6. The van der Waals surface area contributed by atoms with Gasteiger partial charge in [-0.1, -0.05) is 59.6 Å². The Kier molecular flexibility index (Phi) is 6.35. The zero-order valence-corrected chi connectivity index (χ0v) is 17.3. The van der Waals surface area contributed by atoms with Gasteiger partial charge in [-0.2, -0.15) is 0 Å². The van der Waals surface area contributed by atoms with E-state index in [9.17, 15) is 9.59 Å². The third-order valence-corrected chi connectivity index (χ3v) is 4.76. The predicted molar refractivity (Wildman–Crippen MR) is 116 cm³/mol. The number of carbonyl (C=O) groups excluding carboxylic acids is 2. The lowest BCUT2D eigenvalue weighted by atomic mass is 10.0. The van der Waals surface area contributed by atoms with Crippen molar-refractivity contribution in [2.24, 2.45) is 0 Å². The number of carbonyl (C=O) groups is 2. The molecule has 0 bridgehead atoms. The first-order chi connectivity index (χ1) is 13.8. The van der Waals surface area contributed by atoms with E-state index in [-0.39, 0.29) is 11.7 Å². The van der Waals surface area contributed by atoms with Gasteiger partial charge in [0.2, 0.25) is 0 Å². The van der Waals surface area contributed by atoms with Crippen LogP contribution in [0.4, 0.5) is 5.69 Å². The van der Waals surface area contributed by atoms with Crippen LogP contribution in [0, 0.1) is 13.8 Å². The van der Waals surface area contributed by atoms with Crippen LogP contribution in [-0.4, -0.2) is 17.8 Å². The first-order valence-corrected chi connectivity index (χ1v) is 9.67. The lowest BCUT2D eigenvalue weighted by molar-refractivity contribution is -0.122. The number of halogens is 1. The Hall–Kier alpha value is -3.11. The van der Waals surface area contributed by atoms with Crippen molar-refractivity contribution >= 4 is 29.0 Å². The largest absolute Gasteiger partial charge is 0.481 e. The summed E-state index contributed by atoms with van der Waals surface area (Å²) in [6.45, 7) is 5.60. The molecule has 0 aliphatic heterocycles. The maximum absolute atomic E-state index is 12.9. The molecule has 0 fully saturated rings. The van der Waals surface area contributed by atoms with Gasteiger partial charge in [0, 0.05) is 16.1 Å². The van der Waals surface area contributed by atoms with Crippen molar-refractivity contribution in [2.75, 3.05) is 5.32 Å². The fourth-order valence-corrected chi connectivity index (χ4v) is 3.14. The lowest BCUT2D eigenvalue weighted by Crippen LogP contribution is -2.31. The van der Waals surface area contributed by atoms with Crippen LogP contribution in [-0.2, 0) is 4.79 Å². The maximum atomic E-state index is 12.9. The minimum atomic E-state index is -0.744. The molecule has 3 rings (SSSR count). The summed E-state index contributed by atoms with van der Waals surface area (Å²) < 4.78 is 5.82. The van der Waals surface area contributed by atoms with Crippen molar-refractivity contribution in [1.29, 1.82) is 0 Å². The third-order valence-electron chi connectivity index (χ3n) is 4.52. The van der Waals surface area contributed by atoms with Gasteiger partial charge in [0.1, 0.15) is 5.75 Å². The van der Waals surface area contributed by atoms with E-state index in [0.717, 1.165) is 11.1 Å². The second kappa shape index (κ2) is 8.93. The highest BCUT2D eigenvalue weighted by Gasteiger charge is 2.20. The Balaban J connectivity index is 1.80. The molecule has 0 aliphatic carbocycles. The number of hydrogen-bond acceptors (Lipinski definition) is 3. The van der Waals surface area contributed by atoms with Gasteiger partial charge in [0.05, 0.1) is 5.69 Å². The summed E-state index contributed by atoms with van der Waals surface area (Å²) in [6, 6.07) is 19.5. The summed E-state index contributed by atoms with van der Waals surface area (Å²) in [5.41, 5.74) is 3.32. The minimum Gasteiger partial charge on any atom is -0.481 e. The fourth-order valence-electron chi connectivity index (χ4n) is 2.97. The summed E-state index contributed by atoms with van der Waals surface area (Å²) in [4.78, 5) is 25.6. The maximum Gasteiger partial charge on any atom is 0.265 e. The van der Waals surface area contributed by atoms with Gasteiger partial charge < -0.3 is 10.1 Å². The van der Waals surface area contributed by atoms with Gasteiger partial charge in [-0.15, -0.1) is 0 Å². The quantitative estimate of drug-likeness (QED) is 0.541. The Morgan fingerprint density at radius 1 is 0.966 bits per heavy atom. The van der Waals surface area contributed by atoms with Crippen LogP contribution in [0.25, 0.3) is 0 Å². The van der Waals surface area contributed by atoms with Crippen molar-refractivity contribution in [3.05, 3.63) is 94.0 Å². The molecule has 5 heteroatoms. The Labute approximate surface area is 175 Å². The van der Waals surface area contributed by atoms with Gasteiger partial charge in [0.25, 0.3) is 5.91 Å². The molecule has 29 heavy (non-hydrogen) atoms. The summed E-state index contributed by atoms with van der Waals surface area (Å²) in [6.07, 6.45) is -0.744. The number of ketones is 1. The average molecular weight is 408 g/mol. The molecule has 148 valence electrons. The topological polar surface area (TPSA) is 55.4 Å². The first-order valence-electron chi connectivity index (χ1n) is 9.29. The molecular formula is C24H22ClNO3. The number of benzene rings is 3. The van der Waals surface area contributed by atoms with Gasteiger partial charge in [-0.05, 0) is 50.6 Å². The smallest absolute Gasteiger partial charge is 0.265 e. The zero-order valence-electron chi connectivity index (χ0n) is 16.5. The van der Waals surface area contributed by atoms with Gasteiger partial charge >= 0.3 is 0 Å². The number of ether oxygens (including phenoxy) is 1. The second-order valence-electron chi connectivity index (χ2n) is 6.90. The highest BCUT2D eigenvalue weighted by atomic mass is 35.5. The highest BCUT2D eigenvalue weighted by Crippen LogP contribution is 2.25. The van der Waals surface area contributed by atoms with E-state index in [1.54, 1.807) is 49.4 Å². The van der Waals surface area contributed by atoms with Crippen molar-refractivity contribution in [2.45, 2.75) is 26.9 Å². The summed E-state index contributed by atoms with van der Waals surface area (Å²) >= 11 is 6.10. The summed E-state index contributed by atoms with van der Waals surface area (Å²) in [7, 11) is 0. The Bertz CT molecular complexity index is 1050. The van der Waals surface area contributed by atoms with Crippen LogP contribution in [0.3, 0.4) is 0 Å². The third kappa shape index (κ3) is 5.04. The molecule has 0 spiro atoms. The Morgan fingerprint density at radius 3 is 2.38 bits per heavy atom. The molecular weight excluding hydrogens is 386 g/mol. The molecule has 3 aromatic rings. The Morgan fingerprint density at radius 2 is 1.69 bits per heavy atom. The summed E-state index contributed by atoms with van der Waals surface area (Å²) in [5, 5.41) is 3.21. The van der Waals surface area contributed by atoms with E-state index >= 15 is 0 Å². The molecule has 1 N–H and O–H groups in total. The molecule has 0 saturated carbocycles. The van der Waals surface area contributed by atoms with Gasteiger partial charge in [-0.3, -0.25) is 9.59 Å². The number of nitrogens with one attached hydrogen (secondary N) is 1. The van der Waals surface area contributed by atoms with E-state index in [0.29, 0.717) is 27.6 Å².